The van der Waals surface area contributed by atoms with Crippen molar-refractivity contribution in [1.82, 2.24) is 0 Å². The molecule has 2 atom stereocenters. The zero-order valence-electron chi connectivity index (χ0n) is 8.52. The maximum absolute atomic E-state index is 9.87. The van der Waals surface area contributed by atoms with E-state index in [0.717, 1.165) is 19.3 Å². The van der Waals surface area contributed by atoms with Crippen molar-refractivity contribution in [2.45, 2.75) is 31.3 Å². The molecule has 0 aliphatic heterocycles. The summed E-state index contributed by atoms with van der Waals surface area (Å²) in [7, 11) is 0. The van der Waals surface area contributed by atoms with Gasteiger partial charge in [-0.2, -0.15) is 0 Å². The Morgan fingerprint density at radius 3 is 2.93 bits per heavy atom. The van der Waals surface area contributed by atoms with Crippen LogP contribution >= 0.6 is 11.3 Å². The quantitative estimate of drug-likeness (QED) is 0.776. The molecule has 1 saturated carbocycles. The molecule has 1 nitrogen and oxygen atoms in total. The number of aliphatic hydroxyl groups excluding tert-OH is 1. The van der Waals surface area contributed by atoms with E-state index in [4.69, 9.17) is 0 Å². The van der Waals surface area contributed by atoms with Gasteiger partial charge in [0.25, 0.3) is 0 Å². The molecule has 1 N–H and O–H groups in total. The second-order valence-corrected chi connectivity index (χ2v) is 5.27. The van der Waals surface area contributed by atoms with Gasteiger partial charge in [0, 0.05) is 10.6 Å². The predicted molar refractivity (Wildman–Crippen MR) is 64.4 cm³/mol. The van der Waals surface area contributed by atoms with Gasteiger partial charge in [-0.25, -0.2) is 0 Å². The summed E-state index contributed by atoms with van der Waals surface area (Å²) in [4.78, 5) is 0. The first kappa shape index (κ1) is 9.37. The van der Waals surface area contributed by atoms with Crippen molar-refractivity contribution in [2.75, 3.05) is 0 Å². The molecule has 0 bridgehead atoms. The molecule has 0 amide bonds. The normalized spacial score (nSPS) is 26.2. The molecule has 0 saturated heterocycles. The first-order valence-corrected chi connectivity index (χ1v) is 6.38. The average Bonchev–Trinajstić information content (AvgIpc) is 2.84. The summed E-state index contributed by atoms with van der Waals surface area (Å²) in [5, 5.41) is 13.3. The van der Waals surface area contributed by atoms with Crippen LogP contribution in [0.5, 0.6) is 0 Å². The summed E-state index contributed by atoms with van der Waals surface area (Å²) in [5.41, 5.74) is 1.31. The SMILES string of the molecule is O[C@@H]1CCC[C@@H]1c1ccc2sccc2c1. The summed E-state index contributed by atoms with van der Waals surface area (Å²) >= 11 is 1.78. The van der Waals surface area contributed by atoms with Crippen LogP contribution in [0.25, 0.3) is 10.1 Å². The second kappa shape index (κ2) is 3.62. The van der Waals surface area contributed by atoms with Crippen LogP contribution in [0.15, 0.2) is 29.6 Å². The number of hydrogen-bond donors (Lipinski definition) is 1. The number of hydrogen-bond acceptors (Lipinski definition) is 2. The lowest BCUT2D eigenvalue weighted by atomic mass is 9.95. The molecule has 1 fully saturated rings. The number of fused-ring (bicyclic) bond motifs is 1. The van der Waals surface area contributed by atoms with Crippen molar-refractivity contribution in [3.63, 3.8) is 0 Å². The minimum atomic E-state index is -0.124. The lowest BCUT2D eigenvalue weighted by Crippen LogP contribution is -2.10. The highest BCUT2D eigenvalue weighted by Crippen LogP contribution is 2.36. The smallest absolute Gasteiger partial charge is 0.0608 e. The third-order valence-corrected chi connectivity index (χ3v) is 4.28. The van der Waals surface area contributed by atoms with Crippen LogP contribution in [-0.4, -0.2) is 11.2 Å². The summed E-state index contributed by atoms with van der Waals surface area (Å²) in [5.74, 6) is 0.370. The van der Waals surface area contributed by atoms with E-state index in [1.165, 1.54) is 15.6 Å². The molecule has 3 rings (SSSR count). The van der Waals surface area contributed by atoms with Crippen molar-refractivity contribution in [3.05, 3.63) is 35.2 Å². The molecule has 0 radical (unpaired) electrons. The highest BCUT2D eigenvalue weighted by molar-refractivity contribution is 7.17. The van der Waals surface area contributed by atoms with E-state index in [-0.39, 0.29) is 6.10 Å². The van der Waals surface area contributed by atoms with Gasteiger partial charge in [0.2, 0.25) is 0 Å². The number of thiophene rings is 1. The Labute approximate surface area is 93.4 Å². The maximum atomic E-state index is 9.87. The van der Waals surface area contributed by atoms with E-state index in [0.29, 0.717) is 5.92 Å². The predicted octanol–water partition coefficient (Wildman–Crippen LogP) is 3.53. The lowest BCUT2D eigenvalue weighted by Gasteiger charge is -2.14. The Balaban J connectivity index is 2.03. The van der Waals surface area contributed by atoms with Gasteiger partial charge in [-0.05, 0) is 47.4 Å². The van der Waals surface area contributed by atoms with E-state index >= 15 is 0 Å². The Kier molecular flexibility index (Phi) is 2.26. The molecule has 78 valence electrons. The zero-order chi connectivity index (χ0) is 10.3. The summed E-state index contributed by atoms with van der Waals surface area (Å²) in [6, 6.07) is 8.76. The molecule has 0 spiro atoms. The molecule has 1 aromatic carbocycles. The number of benzene rings is 1. The first-order chi connectivity index (χ1) is 7.34. The van der Waals surface area contributed by atoms with Gasteiger partial charge in [-0.15, -0.1) is 11.3 Å². The molecule has 1 heterocycles. The maximum Gasteiger partial charge on any atom is 0.0608 e. The Bertz CT molecular complexity index is 474. The summed E-state index contributed by atoms with van der Waals surface area (Å²) < 4.78 is 1.34. The van der Waals surface area contributed by atoms with Crippen LogP contribution in [0.2, 0.25) is 0 Å². The molecule has 1 aliphatic rings. The molecular formula is C13H14OS. The topological polar surface area (TPSA) is 20.2 Å². The van der Waals surface area contributed by atoms with Gasteiger partial charge in [0.1, 0.15) is 0 Å². The van der Waals surface area contributed by atoms with E-state index < -0.39 is 0 Å². The van der Waals surface area contributed by atoms with E-state index in [2.05, 4.69) is 29.6 Å². The molecule has 1 aromatic heterocycles. The van der Waals surface area contributed by atoms with Crippen molar-refractivity contribution in [3.8, 4) is 0 Å². The van der Waals surface area contributed by atoms with Crippen LogP contribution in [0.3, 0.4) is 0 Å². The minimum absolute atomic E-state index is 0.124. The van der Waals surface area contributed by atoms with Crippen molar-refractivity contribution in [2.24, 2.45) is 0 Å². The Morgan fingerprint density at radius 1 is 1.20 bits per heavy atom. The number of rotatable bonds is 1. The van der Waals surface area contributed by atoms with Gasteiger partial charge in [0.15, 0.2) is 0 Å². The Hall–Kier alpha value is -0.860. The van der Waals surface area contributed by atoms with Crippen LogP contribution in [0.1, 0.15) is 30.7 Å². The number of aliphatic hydroxyl groups is 1. The fourth-order valence-electron chi connectivity index (χ4n) is 2.55. The molecule has 2 aromatic rings. The third kappa shape index (κ3) is 1.58. The standard InChI is InChI=1S/C13H14OS/c14-12-3-1-2-11(12)9-4-5-13-10(8-9)6-7-15-13/h4-8,11-12,14H,1-3H2/t11-,12-/m1/s1. The Morgan fingerprint density at radius 2 is 2.13 bits per heavy atom. The fourth-order valence-corrected chi connectivity index (χ4v) is 3.32. The van der Waals surface area contributed by atoms with Gasteiger partial charge in [0.05, 0.1) is 6.10 Å². The highest BCUT2D eigenvalue weighted by Gasteiger charge is 2.26. The van der Waals surface area contributed by atoms with Gasteiger partial charge in [-0.3, -0.25) is 0 Å². The van der Waals surface area contributed by atoms with E-state index in [1.54, 1.807) is 11.3 Å². The van der Waals surface area contributed by atoms with Crippen molar-refractivity contribution >= 4 is 21.4 Å². The van der Waals surface area contributed by atoms with Gasteiger partial charge < -0.3 is 5.11 Å². The third-order valence-electron chi connectivity index (χ3n) is 3.38. The second-order valence-electron chi connectivity index (χ2n) is 4.32. The van der Waals surface area contributed by atoms with Crippen LogP contribution in [-0.2, 0) is 0 Å². The highest BCUT2D eigenvalue weighted by atomic mass is 32.1. The van der Waals surface area contributed by atoms with Crippen LogP contribution in [0.4, 0.5) is 0 Å². The van der Waals surface area contributed by atoms with E-state index in [1.807, 2.05) is 0 Å². The van der Waals surface area contributed by atoms with Gasteiger partial charge >= 0.3 is 0 Å². The van der Waals surface area contributed by atoms with Crippen LogP contribution < -0.4 is 0 Å². The average molecular weight is 218 g/mol. The largest absolute Gasteiger partial charge is 0.392 e. The molecule has 15 heavy (non-hydrogen) atoms. The van der Waals surface area contributed by atoms with Crippen molar-refractivity contribution in [1.29, 1.82) is 0 Å². The molecule has 2 heteroatoms. The molecule has 1 aliphatic carbocycles. The van der Waals surface area contributed by atoms with Gasteiger partial charge in [-0.1, -0.05) is 12.5 Å². The molecular weight excluding hydrogens is 204 g/mol. The summed E-state index contributed by atoms with van der Waals surface area (Å²) in [6.07, 6.45) is 3.14. The summed E-state index contributed by atoms with van der Waals surface area (Å²) in [6.45, 7) is 0. The zero-order valence-corrected chi connectivity index (χ0v) is 9.33. The van der Waals surface area contributed by atoms with Crippen LogP contribution in [0, 0.1) is 0 Å². The minimum Gasteiger partial charge on any atom is -0.392 e. The molecule has 0 unspecified atom stereocenters. The monoisotopic (exact) mass is 218 g/mol. The van der Waals surface area contributed by atoms with E-state index in [9.17, 15) is 5.11 Å². The first-order valence-electron chi connectivity index (χ1n) is 5.50. The van der Waals surface area contributed by atoms with Crippen molar-refractivity contribution < 1.29 is 5.11 Å². The lowest BCUT2D eigenvalue weighted by molar-refractivity contribution is 0.164. The fraction of sp³-hybridized carbons (Fsp3) is 0.385.